The van der Waals surface area contributed by atoms with Gasteiger partial charge >= 0.3 is 6.03 Å². The normalized spacial score (nSPS) is 15.5. The number of likely N-dealkylation sites (tertiary alicyclic amines) is 1. The molecule has 5 rings (SSSR count). The molecule has 1 atom stereocenters. The minimum absolute atomic E-state index is 0.215. The molecular formula is C31H36ClN5O3. The number of methoxy groups -OCH3 is 1. The molecule has 0 radical (unpaired) electrons. The highest BCUT2D eigenvalue weighted by atomic mass is 35.5. The molecule has 0 unspecified atom stereocenters. The number of halogens is 1. The Morgan fingerprint density at radius 3 is 2.62 bits per heavy atom. The number of hydrogen-bond acceptors (Lipinski definition) is 5. The zero-order valence-corrected chi connectivity index (χ0v) is 24.0. The Balaban J connectivity index is 1.34. The second kappa shape index (κ2) is 12.3. The summed E-state index contributed by atoms with van der Waals surface area (Å²) in [6.45, 7) is 6.48. The number of ether oxygens (including phenoxy) is 1. The highest BCUT2D eigenvalue weighted by molar-refractivity contribution is 6.32. The van der Waals surface area contributed by atoms with E-state index in [0.29, 0.717) is 29.6 Å². The third kappa shape index (κ3) is 5.94. The molecule has 210 valence electrons. The van der Waals surface area contributed by atoms with Crippen LogP contribution in [-0.2, 0) is 19.5 Å². The number of aromatic nitrogens is 2. The summed E-state index contributed by atoms with van der Waals surface area (Å²) in [6.07, 6.45) is 4.91. The van der Waals surface area contributed by atoms with Gasteiger partial charge in [-0.1, -0.05) is 48.9 Å². The summed E-state index contributed by atoms with van der Waals surface area (Å²) in [5, 5.41) is 16.1. The monoisotopic (exact) mass is 561 g/mol. The molecule has 2 aromatic heterocycles. The Morgan fingerprint density at radius 1 is 1.15 bits per heavy atom. The van der Waals surface area contributed by atoms with Crippen molar-refractivity contribution < 1.29 is 14.6 Å². The van der Waals surface area contributed by atoms with Gasteiger partial charge in [-0.3, -0.25) is 14.6 Å². The minimum Gasteiger partial charge on any atom is -0.495 e. The predicted octanol–water partition coefficient (Wildman–Crippen LogP) is 5.81. The largest absolute Gasteiger partial charge is 0.495 e. The smallest absolute Gasteiger partial charge is 0.320 e. The molecule has 9 heteroatoms. The number of aliphatic hydroxyl groups excluding tert-OH is 1. The Bertz CT molecular complexity index is 1500. The summed E-state index contributed by atoms with van der Waals surface area (Å²) in [4.78, 5) is 20.1. The zero-order chi connectivity index (χ0) is 28.2. The van der Waals surface area contributed by atoms with Crippen molar-refractivity contribution in [1.82, 2.24) is 19.6 Å². The molecule has 1 saturated heterocycles. The minimum atomic E-state index is -0.320. The van der Waals surface area contributed by atoms with E-state index in [2.05, 4.69) is 45.9 Å². The van der Waals surface area contributed by atoms with E-state index in [0.717, 1.165) is 59.5 Å². The van der Waals surface area contributed by atoms with Gasteiger partial charge in [0, 0.05) is 25.3 Å². The van der Waals surface area contributed by atoms with Gasteiger partial charge in [0.1, 0.15) is 17.2 Å². The molecule has 2 amide bonds. The quantitative estimate of drug-likeness (QED) is 0.240. The lowest BCUT2D eigenvalue weighted by molar-refractivity contribution is 0.153. The summed E-state index contributed by atoms with van der Waals surface area (Å²) in [5.74, 6) is 1.25. The van der Waals surface area contributed by atoms with Gasteiger partial charge in [0.2, 0.25) is 0 Å². The number of benzene rings is 2. The number of aryl methyl sites for hydroxylation is 2. The Hall–Kier alpha value is -3.59. The van der Waals surface area contributed by atoms with Crippen LogP contribution >= 0.6 is 11.6 Å². The molecule has 4 aromatic rings. The fourth-order valence-corrected chi connectivity index (χ4v) is 5.68. The van der Waals surface area contributed by atoms with Crippen molar-refractivity contribution in [3.63, 3.8) is 0 Å². The first-order chi connectivity index (χ1) is 19.4. The number of pyridine rings is 1. The van der Waals surface area contributed by atoms with Crippen molar-refractivity contribution in [3.8, 4) is 16.9 Å². The first-order valence-electron chi connectivity index (χ1n) is 13.7. The standard InChI is InChI=1S/C31H36ClN5O3/c1-4-27-30(35-31(39)33-16-22-9-12-28(40-3)26(32)15-22)37-18-24(14-20(2)29(37)34-27)23-10-7-21(8-11-23)17-36-13-5-6-25(36)19-38/h7-12,14-15,18,25,38H,4-6,13,16-17,19H2,1-3H3,(H2,33,35,39)/t25-/m0/s1. The highest BCUT2D eigenvalue weighted by Gasteiger charge is 2.23. The number of anilines is 1. The maximum absolute atomic E-state index is 12.9. The van der Waals surface area contributed by atoms with E-state index < -0.39 is 0 Å². The second-order valence-electron chi connectivity index (χ2n) is 10.3. The van der Waals surface area contributed by atoms with Crippen molar-refractivity contribution in [2.24, 2.45) is 0 Å². The van der Waals surface area contributed by atoms with Crippen LogP contribution in [0.25, 0.3) is 16.8 Å². The van der Waals surface area contributed by atoms with E-state index in [1.807, 2.05) is 30.5 Å². The fourth-order valence-electron chi connectivity index (χ4n) is 5.40. The van der Waals surface area contributed by atoms with E-state index in [9.17, 15) is 9.90 Å². The van der Waals surface area contributed by atoms with Crippen molar-refractivity contribution in [2.45, 2.75) is 52.2 Å². The molecule has 1 aliphatic heterocycles. The second-order valence-corrected chi connectivity index (χ2v) is 10.7. The lowest BCUT2D eigenvalue weighted by Gasteiger charge is -2.22. The summed E-state index contributed by atoms with van der Waals surface area (Å²) in [6, 6.07) is 16.1. The molecule has 0 spiro atoms. The molecule has 3 N–H and O–H groups in total. The van der Waals surface area contributed by atoms with Crippen molar-refractivity contribution in [1.29, 1.82) is 0 Å². The third-order valence-corrected chi connectivity index (χ3v) is 7.89. The number of carbonyl (C=O) groups excluding carboxylic acids is 1. The van der Waals surface area contributed by atoms with Crippen LogP contribution in [0.4, 0.5) is 10.6 Å². The number of fused-ring (bicyclic) bond motifs is 1. The summed E-state index contributed by atoms with van der Waals surface area (Å²) >= 11 is 6.23. The van der Waals surface area contributed by atoms with Gasteiger partial charge in [0.25, 0.3) is 0 Å². The number of aliphatic hydroxyl groups is 1. The van der Waals surface area contributed by atoms with Crippen LogP contribution in [0.1, 0.15) is 42.1 Å². The van der Waals surface area contributed by atoms with Crippen molar-refractivity contribution >= 4 is 29.1 Å². The van der Waals surface area contributed by atoms with E-state index >= 15 is 0 Å². The summed E-state index contributed by atoms with van der Waals surface area (Å²) in [5.41, 5.74) is 6.90. The van der Waals surface area contributed by atoms with E-state index in [-0.39, 0.29) is 18.7 Å². The molecule has 1 fully saturated rings. The molecule has 40 heavy (non-hydrogen) atoms. The lowest BCUT2D eigenvalue weighted by atomic mass is 10.0. The molecule has 3 heterocycles. The van der Waals surface area contributed by atoms with Gasteiger partial charge in [-0.05, 0) is 78.7 Å². The van der Waals surface area contributed by atoms with Crippen LogP contribution < -0.4 is 15.4 Å². The van der Waals surface area contributed by atoms with Crippen LogP contribution in [-0.4, -0.2) is 51.7 Å². The van der Waals surface area contributed by atoms with Crippen LogP contribution in [0.5, 0.6) is 5.75 Å². The SMILES string of the molecule is CCc1nc2c(C)cc(-c3ccc(CN4CCC[C@H]4CO)cc3)cn2c1NC(=O)NCc1ccc(OC)c(Cl)c1. The predicted molar refractivity (Wildman–Crippen MR) is 159 cm³/mol. The highest BCUT2D eigenvalue weighted by Crippen LogP contribution is 2.29. The lowest BCUT2D eigenvalue weighted by Crippen LogP contribution is -2.31. The van der Waals surface area contributed by atoms with E-state index in [4.69, 9.17) is 21.3 Å². The number of urea groups is 1. The van der Waals surface area contributed by atoms with Crippen LogP contribution in [0.2, 0.25) is 5.02 Å². The summed E-state index contributed by atoms with van der Waals surface area (Å²) in [7, 11) is 1.57. The van der Waals surface area contributed by atoms with Gasteiger partial charge in [-0.25, -0.2) is 9.78 Å². The van der Waals surface area contributed by atoms with Gasteiger partial charge in [0.15, 0.2) is 0 Å². The van der Waals surface area contributed by atoms with Crippen LogP contribution in [0, 0.1) is 6.92 Å². The molecule has 1 aliphatic rings. The first kappa shape index (κ1) is 28.0. The first-order valence-corrected chi connectivity index (χ1v) is 14.1. The number of hydrogen-bond donors (Lipinski definition) is 3. The number of rotatable bonds is 9. The molecule has 0 saturated carbocycles. The molecule has 0 bridgehead atoms. The van der Waals surface area contributed by atoms with E-state index in [1.54, 1.807) is 19.2 Å². The number of imidazole rings is 1. The van der Waals surface area contributed by atoms with Crippen molar-refractivity contribution in [2.75, 3.05) is 25.6 Å². The Morgan fingerprint density at radius 2 is 1.93 bits per heavy atom. The number of nitrogens with zero attached hydrogens (tertiary/aromatic N) is 3. The Kier molecular flexibility index (Phi) is 8.59. The Labute approximate surface area is 239 Å². The van der Waals surface area contributed by atoms with Gasteiger partial charge < -0.3 is 15.2 Å². The fraction of sp³-hybridized carbons (Fsp3) is 0.355. The third-order valence-electron chi connectivity index (χ3n) is 7.60. The maximum Gasteiger partial charge on any atom is 0.320 e. The van der Waals surface area contributed by atoms with Gasteiger partial charge in [0.05, 0.1) is 24.4 Å². The molecule has 8 nitrogen and oxygen atoms in total. The van der Waals surface area contributed by atoms with Crippen LogP contribution in [0.15, 0.2) is 54.7 Å². The van der Waals surface area contributed by atoms with Gasteiger partial charge in [-0.15, -0.1) is 0 Å². The van der Waals surface area contributed by atoms with E-state index in [1.165, 1.54) is 5.56 Å². The summed E-state index contributed by atoms with van der Waals surface area (Å²) < 4.78 is 7.17. The van der Waals surface area contributed by atoms with Crippen molar-refractivity contribution in [3.05, 3.63) is 82.1 Å². The average molecular weight is 562 g/mol. The number of nitrogens with one attached hydrogen (secondary N) is 2. The van der Waals surface area contributed by atoms with Crippen LogP contribution in [0.3, 0.4) is 0 Å². The number of amides is 2. The number of carbonyl (C=O) groups is 1. The average Bonchev–Trinajstić information content (AvgIpc) is 3.56. The molecular weight excluding hydrogens is 526 g/mol. The zero-order valence-electron chi connectivity index (χ0n) is 23.2. The topological polar surface area (TPSA) is 91.1 Å². The molecule has 2 aromatic carbocycles. The molecule has 0 aliphatic carbocycles. The van der Waals surface area contributed by atoms with Gasteiger partial charge in [-0.2, -0.15) is 0 Å². The maximum atomic E-state index is 12.9.